The van der Waals surface area contributed by atoms with Gasteiger partial charge in [0.25, 0.3) is 0 Å². The molecule has 0 amide bonds. The standard InChI is InChI=1S/C21H16N2/c22-15-7-5-13-21(14-6-8-16-23)19-11-3-1-9-17(19)18-10-2-4-12-20(18)21/h1-12H,13-14H2. The molecule has 2 heteroatoms. The van der Waals surface area contributed by atoms with Crippen LogP contribution in [0.5, 0.6) is 0 Å². The summed E-state index contributed by atoms with van der Waals surface area (Å²) in [6.07, 6.45) is 8.42. The first-order valence-electron chi connectivity index (χ1n) is 7.62. The summed E-state index contributed by atoms with van der Waals surface area (Å²) in [4.78, 5) is 0. The van der Waals surface area contributed by atoms with Gasteiger partial charge in [-0.3, -0.25) is 0 Å². The van der Waals surface area contributed by atoms with E-state index in [0.717, 1.165) is 12.8 Å². The Morgan fingerprint density at radius 1 is 0.739 bits per heavy atom. The molecule has 0 atom stereocenters. The molecule has 2 aromatic rings. The van der Waals surface area contributed by atoms with Crippen molar-refractivity contribution in [3.05, 3.63) is 84.0 Å². The molecule has 0 bridgehead atoms. The molecule has 1 aliphatic rings. The SMILES string of the molecule is N#CC=CCC1(CC=CC#N)c2ccccc2-c2ccccc21. The lowest BCUT2D eigenvalue weighted by atomic mass is 9.72. The van der Waals surface area contributed by atoms with Crippen molar-refractivity contribution in [2.45, 2.75) is 18.3 Å². The summed E-state index contributed by atoms with van der Waals surface area (Å²) in [5, 5.41) is 17.7. The maximum Gasteiger partial charge on any atom is 0.0908 e. The van der Waals surface area contributed by atoms with Crippen LogP contribution in [0.1, 0.15) is 24.0 Å². The van der Waals surface area contributed by atoms with Crippen LogP contribution in [0.15, 0.2) is 72.8 Å². The molecular formula is C21H16N2. The number of hydrogen-bond acceptors (Lipinski definition) is 2. The molecule has 0 heterocycles. The van der Waals surface area contributed by atoms with Gasteiger partial charge in [-0.2, -0.15) is 10.5 Å². The van der Waals surface area contributed by atoms with Crippen LogP contribution in [-0.2, 0) is 5.41 Å². The van der Waals surface area contributed by atoms with E-state index in [1.807, 2.05) is 12.2 Å². The van der Waals surface area contributed by atoms with Gasteiger partial charge in [-0.25, -0.2) is 0 Å². The Balaban J connectivity index is 2.21. The molecule has 0 radical (unpaired) electrons. The van der Waals surface area contributed by atoms with Gasteiger partial charge in [-0.05, 0) is 35.1 Å². The van der Waals surface area contributed by atoms with E-state index in [4.69, 9.17) is 10.5 Å². The number of nitriles is 2. The van der Waals surface area contributed by atoms with Gasteiger partial charge >= 0.3 is 0 Å². The normalized spacial score (nSPS) is 14.3. The van der Waals surface area contributed by atoms with E-state index in [1.165, 1.54) is 22.3 Å². The minimum Gasteiger partial charge on any atom is -0.193 e. The quantitative estimate of drug-likeness (QED) is 0.754. The van der Waals surface area contributed by atoms with Crippen LogP contribution in [0.2, 0.25) is 0 Å². The molecule has 0 aliphatic heterocycles. The second kappa shape index (κ2) is 6.34. The van der Waals surface area contributed by atoms with Crippen molar-refractivity contribution in [1.82, 2.24) is 0 Å². The fourth-order valence-electron chi connectivity index (χ4n) is 3.56. The Morgan fingerprint density at radius 2 is 1.17 bits per heavy atom. The molecule has 0 N–H and O–H groups in total. The van der Waals surface area contributed by atoms with E-state index in [1.54, 1.807) is 12.2 Å². The number of nitrogens with zero attached hydrogens (tertiary/aromatic N) is 2. The van der Waals surface area contributed by atoms with Crippen molar-refractivity contribution < 1.29 is 0 Å². The first-order valence-corrected chi connectivity index (χ1v) is 7.62. The van der Waals surface area contributed by atoms with Crippen molar-refractivity contribution >= 4 is 0 Å². The lowest BCUT2D eigenvalue weighted by molar-refractivity contribution is 0.542. The minimum atomic E-state index is -0.214. The second-order valence-corrected chi connectivity index (χ2v) is 5.64. The van der Waals surface area contributed by atoms with Crippen molar-refractivity contribution in [2.75, 3.05) is 0 Å². The van der Waals surface area contributed by atoms with E-state index >= 15 is 0 Å². The van der Waals surface area contributed by atoms with Gasteiger partial charge in [0.05, 0.1) is 12.1 Å². The maximum absolute atomic E-state index is 8.83. The van der Waals surface area contributed by atoms with Gasteiger partial charge in [0, 0.05) is 17.6 Å². The van der Waals surface area contributed by atoms with Crippen LogP contribution in [0.25, 0.3) is 11.1 Å². The highest BCUT2D eigenvalue weighted by molar-refractivity contribution is 5.81. The third-order valence-electron chi connectivity index (χ3n) is 4.49. The van der Waals surface area contributed by atoms with E-state index in [-0.39, 0.29) is 5.41 Å². The summed E-state index contributed by atoms with van der Waals surface area (Å²) < 4.78 is 0. The zero-order valence-corrected chi connectivity index (χ0v) is 12.7. The molecule has 23 heavy (non-hydrogen) atoms. The zero-order chi connectivity index (χ0) is 16.1. The average Bonchev–Trinajstić information content (AvgIpc) is 2.87. The van der Waals surface area contributed by atoms with Gasteiger partial charge in [0.1, 0.15) is 0 Å². The topological polar surface area (TPSA) is 47.6 Å². The third-order valence-corrected chi connectivity index (χ3v) is 4.49. The number of rotatable bonds is 4. The molecule has 3 rings (SSSR count). The second-order valence-electron chi connectivity index (χ2n) is 5.64. The van der Waals surface area contributed by atoms with E-state index < -0.39 is 0 Å². The zero-order valence-electron chi connectivity index (χ0n) is 12.7. The Labute approximate surface area is 136 Å². The number of allylic oxidation sites excluding steroid dienone is 4. The van der Waals surface area contributed by atoms with Crippen LogP contribution in [0.4, 0.5) is 0 Å². The Bertz CT molecular complexity index is 786. The summed E-state index contributed by atoms with van der Waals surface area (Å²) >= 11 is 0. The van der Waals surface area contributed by atoms with Crippen molar-refractivity contribution in [3.8, 4) is 23.3 Å². The highest BCUT2D eigenvalue weighted by atomic mass is 14.4. The molecule has 0 saturated heterocycles. The molecule has 0 saturated carbocycles. The smallest absolute Gasteiger partial charge is 0.0908 e. The van der Waals surface area contributed by atoms with Gasteiger partial charge in [0.15, 0.2) is 0 Å². The van der Waals surface area contributed by atoms with E-state index in [0.29, 0.717) is 0 Å². The Hall–Kier alpha value is -3.10. The highest BCUT2D eigenvalue weighted by Gasteiger charge is 2.40. The summed E-state index contributed by atoms with van der Waals surface area (Å²) in [7, 11) is 0. The predicted molar refractivity (Wildman–Crippen MR) is 91.4 cm³/mol. The molecule has 110 valence electrons. The first kappa shape index (κ1) is 14.8. The molecule has 0 fully saturated rings. The summed E-state index contributed by atoms with van der Waals surface area (Å²) in [5.41, 5.74) is 4.82. The van der Waals surface area contributed by atoms with Crippen LogP contribution in [-0.4, -0.2) is 0 Å². The van der Waals surface area contributed by atoms with E-state index in [9.17, 15) is 0 Å². The molecule has 2 nitrogen and oxygen atoms in total. The number of hydrogen-bond donors (Lipinski definition) is 0. The van der Waals surface area contributed by atoms with Gasteiger partial charge in [-0.1, -0.05) is 60.7 Å². The Morgan fingerprint density at radius 3 is 1.61 bits per heavy atom. The highest BCUT2D eigenvalue weighted by Crippen LogP contribution is 2.52. The van der Waals surface area contributed by atoms with Crippen molar-refractivity contribution in [3.63, 3.8) is 0 Å². The minimum absolute atomic E-state index is 0.214. The summed E-state index contributed by atoms with van der Waals surface area (Å²) in [6.45, 7) is 0. The van der Waals surface area contributed by atoms with Crippen LogP contribution >= 0.6 is 0 Å². The molecular weight excluding hydrogens is 280 g/mol. The lowest BCUT2D eigenvalue weighted by Gasteiger charge is -2.30. The van der Waals surface area contributed by atoms with Crippen molar-refractivity contribution in [1.29, 1.82) is 10.5 Å². The first-order chi connectivity index (χ1) is 11.3. The molecule has 0 unspecified atom stereocenters. The fourth-order valence-corrected chi connectivity index (χ4v) is 3.56. The summed E-state index contributed by atoms with van der Waals surface area (Å²) in [6, 6.07) is 21.0. The average molecular weight is 296 g/mol. The van der Waals surface area contributed by atoms with Crippen molar-refractivity contribution in [2.24, 2.45) is 0 Å². The molecule has 0 spiro atoms. The number of fused-ring (bicyclic) bond motifs is 3. The van der Waals surface area contributed by atoms with Gasteiger partial charge in [0.2, 0.25) is 0 Å². The maximum atomic E-state index is 8.83. The lowest BCUT2D eigenvalue weighted by Crippen LogP contribution is -2.23. The fraction of sp³-hybridized carbons (Fsp3) is 0.143. The Kier molecular flexibility index (Phi) is 4.09. The van der Waals surface area contributed by atoms with Crippen LogP contribution in [0, 0.1) is 22.7 Å². The largest absolute Gasteiger partial charge is 0.193 e. The molecule has 0 aromatic heterocycles. The molecule has 2 aromatic carbocycles. The molecule has 1 aliphatic carbocycles. The van der Waals surface area contributed by atoms with Gasteiger partial charge < -0.3 is 0 Å². The monoisotopic (exact) mass is 296 g/mol. The van der Waals surface area contributed by atoms with Gasteiger partial charge in [-0.15, -0.1) is 0 Å². The number of benzene rings is 2. The third kappa shape index (κ3) is 2.45. The van der Waals surface area contributed by atoms with E-state index in [2.05, 4.69) is 60.7 Å². The predicted octanol–water partition coefficient (Wildman–Crippen LogP) is 4.89. The van der Waals surface area contributed by atoms with Crippen LogP contribution < -0.4 is 0 Å². The summed E-state index contributed by atoms with van der Waals surface area (Å²) in [5.74, 6) is 0. The van der Waals surface area contributed by atoms with Crippen LogP contribution in [0.3, 0.4) is 0 Å².